The Morgan fingerprint density at radius 3 is 2.56 bits per heavy atom. The van der Waals surface area contributed by atoms with Crippen molar-refractivity contribution in [2.45, 2.75) is 50.0 Å². The molecule has 0 radical (unpaired) electrons. The van der Waals surface area contributed by atoms with Crippen LogP contribution in [0.3, 0.4) is 0 Å². The molecule has 1 atom stereocenters. The lowest BCUT2D eigenvalue weighted by Crippen LogP contribution is -2.44. The molecule has 10 heteroatoms. The minimum atomic E-state index is -4.65. The van der Waals surface area contributed by atoms with E-state index in [4.69, 9.17) is 9.47 Å². The number of nitrogens with zero attached hydrogens (tertiary/aromatic N) is 3. The summed E-state index contributed by atoms with van der Waals surface area (Å²) in [4.78, 5) is 22.5. The smallest absolute Gasteiger partial charge is 0.433 e. The van der Waals surface area contributed by atoms with E-state index in [1.54, 1.807) is 18.2 Å². The van der Waals surface area contributed by atoms with E-state index in [1.807, 2.05) is 11.8 Å². The summed E-state index contributed by atoms with van der Waals surface area (Å²) in [5.74, 6) is 0.712. The molecule has 0 bridgehead atoms. The lowest BCUT2D eigenvalue weighted by atomic mass is 10.0. The molecule has 174 valence electrons. The number of aromatic nitrogens is 2. The quantitative estimate of drug-likeness (QED) is 0.417. The number of likely N-dealkylation sites (tertiary alicyclic amines) is 1. The van der Waals surface area contributed by atoms with Crippen LogP contribution in [0, 0.1) is 0 Å². The number of halogens is 3. The van der Waals surface area contributed by atoms with Crippen LogP contribution in [-0.2, 0) is 11.0 Å². The van der Waals surface area contributed by atoms with Gasteiger partial charge in [-0.15, -0.1) is 0 Å². The van der Waals surface area contributed by atoms with Crippen molar-refractivity contribution in [3.8, 4) is 22.8 Å². The molecule has 2 heterocycles. The summed E-state index contributed by atoms with van der Waals surface area (Å²) in [5.41, 5.74) is -0.546. The number of thioether (sulfide) groups is 1. The van der Waals surface area contributed by atoms with Gasteiger partial charge in [-0.05, 0) is 49.9 Å². The van der Waals surface area contributed by atoms with Crippen LogP contribution in [0.5, 0.6) is 11.5 Å². The van der Waals surface area contributed by atoms with E-state index in [1.165, 1.54) is 14.2 Å². The molecular formula is C22H26F3N3O3S. The fourth-order valence-electron chi connectivity index (χ4n) is 3.74. The van der Waals surface area contributed by atoms with Gasteiger partial charge in [0, 0.05) is 18.2 Å². The molecule has 0 aliphatic carbocycles. The molecule has 3 rings (SSSR count). The van der Waals surface area contributed by atoms with Gasteiger partial charge in [-0.2, -0.15) is 13.2 Å². The first-order valence-corrected chi connectivity index (χ1v) is 11.4. The molecule has 1 saturated heterocycles. The first-order valence-electron chi connectivity index (χ1n) is 10.4. The average Bonchev–Trinajstić information content (AvgIpc) is 2.81. The van der Waals surface area contributed by atoms with Crippen LogP contribution in [-0.4, -0.2) is 53.3 Å². The second-order valence-corrected chi connectivity index (χ2v) is 8.36. The van der Waals surface area contributed by atoms with Crippen molar-refractivity contribution in [3.05, 3.63) is 30.0 Å². The summed E-state index contributed by atoms with van der Waals surface area (Å²) in [6.07, 6.45) is -0.804. The Bertz CT molecular complexity index is 956. The first kappa shape index (κ1) is 24.2. The molecular weight excluding hydrogens is 443 g/mol. The predicted octanol–water partition coefficient (Wildman–Crippen LogP) is 5.06. The minimum Gasteiger partial charge on any atom is -0.493 e. The summed E-state index contributed by atoms with van der Waals surface area (Å²) < 4.78 is 50.9. The molecule has 0 unspecified atom stereocenters. The van der Waals surface area contributed by atoms with E-state index in [0.29, 0.717) is 23.6 Å². The van der Waals surface area contributed by atoms with Crippen LogP contribution in [0.25, 0.3) is 11.3 Å². The second kappa shape index (κ2) is 10.4. The Labute approximate surface area is 189 Å². The molecule has 32 heavy (non-hydrogen) atoms. The van der Waals surface area contributed by atoms with E-state index in [2.05, 4.69) is 9.97 Å². The Morgan fingerprint density at radius 2 is 1.91 bits per heavy atom. The number of ether oxygens (including phenoxy) is 2. The van der Waals surface area contributed by atoms with E-state index in [9.17, 15) is 18.0 Å². The molecule has 1 amide bonds. The van der Waals surface area contributed by atoms with Gasteiger partial charge in [-0.25, -0.2) is 9.97 Å². The van der Waals surface area contributed by atoms with Crippen molar-refractivity contribution in [3.63, 3.8) is 0 Å². The number of methoxy groups -OCH3 is 2. The number of carbonyl (C=O) groups is 1. The summed E-state index contributed by atoms with van der Waals surface area (Å²) in [6, 6.07) is 5.83. The highest BCUT2D eigenvalue weighted by molar-refractivity contribution is 7.99. The van der Waals surface area contributed by atoms with Crippen molar-refractivity contribution in [1.82, 2.24) is 14.9 Å². The van der Waals surface area contributed by atoms with Gasteiger partial charge in [-0.1, -0.05) is 18.7 Å². The average molecular weight is 470 g/mol. The van der Waals surface area contributed by atoms with Gasteiger partial charge in [-0.3, -0.25) is 4.79 Å². The summed E-state index contributed by atoms with van der Waals surface area (Å²) in [5, 5.41) is -0.0944. The first-order chi connectivity index (χ1) is 15.3. The Kier molecular flexibility index (Phi) is 7.86. The molecule has 0 N–H and O–H groups in total. The highest BCUT2D eigenvalue weighted by Crippen LogP contribution is 2.35. The Hall–Kier alpha value is -2.49. The van der Waals surface area contributed by atoms with Crippen LogP contribution in [0.1, 0.15) is 38.3 Å². The van der Waals surface area contributed by atoms with Crippen molar-refractivity contribution >= 4 is 17.7 Å². The third kappa shape index (κ3) is 5.65. The minimum absolute atomic E-state index is 0.0107. The lowest BCUT2D eigenvalue weighted by molar-refractivity contribution is -0.141. The largest absolute Gasteiger partial charge is 0.493 e. The third-order valence-corrected chi connectivity index (χ3v) is 6.25. The number of benzene rings is 1. The normalized spacial score (nSPS) is 16.7. The summed E-state index contributed by atoms with van der Waals surface area (Å²) in [7, 11) is 2.92. The highest BCUT2D eigenvalue weighted by atomic mass is 32.2. The number of piperidine rings is 1. The third-order valence-electron chi connectivity index (χ3n) is 5.42. The zero-order valence-electron chi connectivity index (χ0n) is 18.2. The van der Waals surface area contributed by atoms with Crippen molar-refractivity contribution in [1.29, 1.82) is 0 Å². The zero-order valence-corrected chi connectivity index (χ0v) is 19.1. The van der Waals surface area contributed by atoms with Crippen LogP contribution in [0.4, 0.5) is 13.2 Å². The predicted molar refractivity (Wildman–Crippen MR) is 116 cm³/mol. The van der Waals surface area contributed by atoms with Crippen LogP contribution >= 0.6 is 11.8 Å². The fraction of sp³-hybridized carbons (Fsp3) is 0.500. The van der Waals surface area contributed by atoms with Gasteiger partial charge < -0.3 is 14.4 Å². The molecule has 1 aromatic heterocycles. The fourth-order valence-corrected chi connectivity index (χ4v) is 4.49. The van der Waals surface area contributed by atoms with Crippen molar-refractivity contribution in [2.75, 3.05) is 26.5 Å². The molecule has 1 aliphatic rings. The van der Waals surface area contributed by atoms with Crippen LogP contribution < -0.4 is 9.47 Å². The molecule has 1 aromatic carbocycles. The van der Waals surface area contributed by atoms with E-state index in [-0.39, 0.29) is 28.6 Å². The summed E-state index contributed by atoms with van der Waals surface area (Å²) >= 11 is 0.922. The SMILES string of the molecule is CC[C@@H]1CCCCN1C(=O)CSc1nc(-c2ccc(OC)c(OC)c2)cc(C(F)(F)F)n1. The van der Waals surface area contributed by atoms with Gasteiger partial charge in [0.25, 0.3) is 0 Å². The van der Waals surface area contributed by atoms with E-state index < -0.39 is 11.9 Å². The maximum absolute atomic E-state index is 13.5. The topological polar surface area (TPSA) is 64.6 Å². The van der Waals surface area contributed by atoms with E-state index in [0.717, 1.165) is 43.5 Å². The highest BCUT2D eigenvalue weighted by Gasteiger charge is 2.34. The van der Waals surface area contributed by atoms with Gasteiger partial charge >= 0.3 is 6.18 Å². The van der Waals surface area contributed by atoms with Crippen molar-refractivity contribution < 1.29 is 27.4 Å². The molecule has 0 saturated carbocycles. The Morgan fingerprint density at radius 1 is 1.16 bits per heavy atom. The summed E-state index contributed by atoms with van der Waals surface area (Å²) in [6.45, 7) is 2.72. The molecule has 1 aliphatic heterocycles. The lowest BCUT2D eigenvalue weighted by Gasteiger charge is -2.35. The molecule has 6 nitrogen and oxygen atoms in total. The molecule has 2 aromatic rings. The van der Waals surface area contributed by atoms with Gasteiger partial charge in [0.05, 0.1) is 25.7 Å². The number of hydrogen-bond acceptors (Lipinski definition) is 6. The number of hydrogen-bond donors (Lipinski definition) is 0. The monoisotopic (exact) mass is 469 g/mol. The van der Waals surface area contributed by atoms with Crippen LogP contribution in [0.2, 0.25) is 0 Å². The molecule has 0 spiro atoms. The number of amides is 1. The van der Waals surface area contributed by atoms with E-state index >= 15 is 0 Å². The maximum Gasteiger partial charge on any atom is 0.433 e. The van der Waals surface area contributed by atoms with Gasteiger partial charge in [0.2, 0.25) is 5.91 Å². The standard InChI is InChI=1S/C22H26F3N3O3S/c1-4-15-7-5-6-10-28(15)20(29)13-32-21-26-16(12-19(27-21)22(23,24)25)14-8-9-17(30-2)18(11-14)31-3/h8-9,11-12,15H,4-7,10,13H2,1-3H3/t15-/m1/s1. The number of carbonyl (C=O) groups excluding carboxylic acids is 1. The number of rotatable bonds is 7. The van der Waals surface area contributed by atoms with Gasteiger partial charge in [0.1, 0.15) is 5.69 Å². The second-order valence-electron chi connectivity index (χ2n) is 7.42. The zero-order chi connectivity index (χ0) is 23.3. The van der Waals surface area contributed by atoms with Gasteiger partial charge in [0.15, 0.2) is 16.7 Å². The molecule has 1 fully saturated rings. The Balaban J connectivity index is 1.87. The number of alkyl halides is 3. The van der Waals surface area contributed by atoms with Crippen molar-refractivity contribution in [2.24, 2.45) is 0 Å². The maximum atomic E-state index is 13.5. The van der Waals surface area contributed by atoms with Crippen LogP contribution in [0.15, 0.2) is 29.4 Å².